The Labute approximate surface area is 251 Å². The summed E-state index contributed by atoms with van der Waals surface area (Å²) < 4.78 is 135. The average molecular weight is 653 g/mol. The van der Waals surface area contributed by atoms with Crippen molar-refractivity contribution >= 4 is 5.95 Å². The van der Waals surface area contributed by atoms with Crippen LogP contribution in [0.4, 0.5) is 45.5 Å². The minimum atomic E-state index is -5.09. The number of nitrogens with zero attached hydrogens (tertiary/aromatic N) is 6. The van der Waals surface area contributed by atoms with E-state index in [9.17, 15) is 39.5 Å². The summed E-state index contributed by atoms with van der Waals surface area (Å²) in [5.74, 6) is -1.07. The maximum atomic E-state index is 13.9. The molecule has 0 aliphatic carbocycles. The molecular formula is C28H29F9N6O2. The van der Waals surface area contributed by atoms with Gasteiger partial charge in [-0.3, -0.25) is 4.90 Å². The standard InChI is InChI=1S/C28H29F9N6O2/c1-5-21(43-14-22-23(43)45-25(2,3)44-22)20-7-6-17(26(29,30)31)10-16(20)13-42(24-38-40-41(4)39-24)12-15-8-18(27(32,33)34)11-19(9-15)28(35,36)37/h6-11,21-23H,5,12-14H2,1-4H3/t21?,22-,23-/m0/s1. The maximum absolute atomic E-state index is 13.9. The topological polar surface area (TPSA) is 68.5 Å². The zero-order valence-electron chi connectivity index (χ0n) is 24.4. The van der Waals surface area contributed by atoms with E-state index in [1.807, 2.05) is 11.8 Å². The molecule has 8 nitrogen and oxygen atoms in total. The molecule has 5 rings (SSSR count). The first-order valence-electron chi connectivity index (χ1n) is 13.8. The lowest BCUT2D eigenvalue weighted by molar-refractivity contribution is -0.159. The van der Waals surface area contributed by atoms with Gasteiger partial charge < -0.3 is 14.4 Å². The SMILES string of the molecule is CCC(c1ccc(C(F)(F)F)cc1CN(Cc1cc(C(F)(F)F)cc(C(F)(F)F)c1)c1nnn(C)n1)N1C[C@@H]2OC(C)(C)O[C@@H]21. The average Bonchev–Trinajstić information content (AvgIpc) is 3.45. The van der Waals surface area contributed by atoms with E-state index >= 15 is 0 Å². The van der Waals surface area contributed by atoms with Crippen molar-refractivity contribution < 1.29 is 49.0 Å². The van der Waals surface area contributed by atoms with Gasteiger partial charge in [-0.1, -0.05) is 18.1 Å². The number of hydrogen-bond acceptors (Lipinski definition) is 7. The molecule has 2 aliphatic heterocycles. The summed E-state index contributed by atoms with van der Waals surface area (Å²) in [4.78, 5) is 4.14. The Balaban J connectivity index is 1.57. The molecule has 45 heavy (non-hydrogen) atoms. The van der Waals surface area contributed by atoms with E-state index in [0.29, 0.717) is 30.7 Å². The van der Waals surface area contributed by atoms with Crippen LogP contribution in [0, 0.1) is 0 Å². The molecule has 0 amide bonds. The molecule has 3 aromatic rings. The van der Waals surface area contributed by atoms with Crippen LogP contribution in [0.15, 0.2) is 36.4 Å². The minimum absolute atomic E-state index is 0.00158. The highest BCUT2D eigenvalue weighted by Crippen LogP contribution is 2.44. The molecule has 17 heteroatoms. The van der Waals surface area contributed by atoms with E-state index in [1.165, 1.54) is 18.0 Å². The van der Waals surface area contributed by atoms with Crippen LogP contribution in [0.1, 0.15) is 66.6 Å². The highest BCUT2D eigenvalue weighted by atomic mass is 19.4. The van der Waals surface area contributed by atoms with Crippen LogP contribution in [-0.2, 0) is 48.1 Å². The van der Waals surface area contributed by atoms with Crippen molar-refractivity contribution in [3.63, 3.8) is 0 Å². The second kappa shape index (κ2) is 11.4. The Morgan fingerprint density at radius 3 is 2.02 bits per heavy atom. The quantitative estimate of drug-likeness (QED) is 0.251. The van der Waals surface area contributed by atoms with Gasteiger partial charge in [0, 0.05) is 25.7 Å². The monoisotopic (exact) mass is 652 g/mol. The second-order valence-corrected chi connectivity index (χ2v) is 11.4. The summed E-state index contributed by atoms with van der Waals surface area (Å²) in [7, 11) is 1.38. The number of ether oxygens (including phenoxy) is 2. The minimum Gasteiger partial charge on any atom is -0.342 e. The number of alkyl halides is 9. The summed E-state index contributed by atoms with van der Waals surface area (Å²) >= 11 is 0. The van der Waals surface area contributed by atoms with Crippen LogP contribution in [0.25, 0.3) is 0 Å². The third-order valence-corrected chi connectivity index (χ3v) is 7.65. The predicted molar refractivity (Wildman–Crippen MR) is 140 cm³/mol. The smallest absolute Gasteiger partial charge is 0.342 e. The molecule has 3 heterocycles. The lowest BCUT2D eigenvalue weighted by Gasteiger charge is -2.46. The molecule has 2 fully saturated rings. The van der Waals surface area contributed by atoms with Gasteiger partial charge in [-0.15, -0.1) is 5.10 Å². The summed E-state index contributed by atoms with van der Waals surface area (Å²) in [6.45, 7) is 4.76. The summed E-state index contributed by atoms with van der Waals surface area (Å²) in [6.07, 6.45) is -15.2. The maximum Gasteiger partial charge on any atom is 0.416 e. The highest BCUT2D eigenvalue weighted by molar-refractivity contribution is 5.42. The number of rotatable bonds is 8. The molecule has 1 aromatic heterocycles. The Hall–Kier alpha value is -3.44. The van der Waals surface area contributed by atoms with E-state index < -0.39 is 71.9 Å². The summed E-state index contributed by atoms with van der Waals surface area (Å²) in [6, 6.07) is 3.84. The molecule has 2 aromatic carbocycles. The molecule has 3 atom stereocenters. The Morgan fingerprint density at radius 2 is 1.51 bits per heavy atom. The first-order valence-corrected chi connectivity index (χ1v) is 13.8. The van der Waals surface area contributed by atoms with E-state index in [-0.39, 0.29) is 23.7 Å². The Kier molecular flexibility index (Phi) is 8.36. The number of anilines is 1. The van der Waals surface area contributed by atoms with Crippen molar-refractivity contribution in [2.45, 2.75) is 83.0 Å². The van der Waals surface area contributed by atoms with Gasteiger partial charge in [0.15, 0.2) is 5.79 Å². The molecule has 2 aliphatic rings. The zero-order chi connectivity index (χ0) is 33.1. The largest absolute Gasteiger partial charge is 0.416 e. The van der Waals surface area contributed by atoms with Gasteiger partial charge in [-0.05, 0) is 72.5 Å². The van der Waals surface area contributed by atoms with Gasteiger partial charge in [-0.2, -0.15) is 44.3 Å². The van der Waals surface area contributed by atoms with Crippen molar-refractivity contribution in [2.75, 3.05) is 11.4 Å². The van der Waals surface area contributed by atoms with Crippen LogP contribution < -0.4 is 4.90 Å². The molecule has 0 bridgehead atoms. The first kappa shape index (κ1) is 32.9. The molecule has 0 spiro atoms. The Morgan fingerprint density at radius 1 is 0.889 bits per heavy atom. The van der Waals surface area contributed by atoms with Crippen molar-refractivity contribution in [3.8, 4) is 0 Å². The van der Waals surface area contributed by atoms with Crippen LogP contribution in [0.3, 0.4) is 0 Å². The van der Waals surface area contributed by atoms with E-state index in [0.717, 1.165) is 16.9 Å². The van der Waals surface area contributed by atoms with Crippen LogP contribution in [0.5, 0.6) is 0 Å². The molecule has 1 unspecified atom stereocenters. The van der Waals surface area contributed by atoms with E-state index in [4.69, 9.17) is 9.47 Å². The molecule has 246 valence electrons. The number of tetrazole rings is 1. The lowest BCUT2D eigenvalue weighted by Crippen LogP contribution is -2.59. The van der Waals surface area contributed by atoms with E-state index in [1.54, 1.807) is 13.8 Å². The number of aryl methyl sites for hydroxylation is 1. The molecule has 0 radical (unpaired) electrons. The number of likely N-dealkylation sites (tertiary alicyclic amines) is 1. The lowest BCUT2D eigenvalue weighted by atomic mass is 9.91. The number of benzene rings is 2. The Bertz CT molecular complexity index is 1500. The van der Waals surface area contributed by atoms with Gasteiger partial charge in [0.1, 0.15) is 12.3 Å². The third kappa shape index (κ3) is 7.04. The zero-order valence-corrected chi connectivity index (χ0v) is 24.4. The van der Waals surface area contributed by atoms with Crippen molar-refractivity contribution in [1.82, 2.24) is 25.1 Å². The van der Waals surface area contributed by atoms with Crippen LogP contribution in [-0.4, -0.2) is 49.8 Å². The van der Waals surface area contributed by atoms with Crippen molar-refractivity contribution in [3.05, 3.63) is 69.8 Å². The van der Waals surface area contributed by atoms with Crippen molar-refractivity contribution in [2.24, 2.45) is 7.05 Å². The molecule has 2 saturated heterocycles. The highest BCUT2D eigenvalue weighted by Gasteiger charge is 2.54. The third-order valence-electron chi connectivity index (χ3n) is 7.65. The fourth-order valence-electron chi connectivity index (χ4n) is 5.72. The first-order chi connectivity index (χ1) is 20.7. The van der Waals surface area contributed by atoms with Gasteiger partial charge >= 0.3 is 18.5 Å². The number of fused-ring (bicyclic) bond motifs is 1. The van der Waals surface area contributed by atoms with Gasteiger partial charge in [0.25, 0.3) is 5.95 Å². The fourth-order valence-corrected chi connectivity index (χ4v) is 5.72. The van der Waals surface area contributed by atoms with Crippen LogP contribution >= 0.6 is 0 Å². The van der Waals surface area contributed by atoms with E-state index in [2.05, 4.69) is 15.4 Å². The predicted octanol–water partition coefficient (Wildman–Crippen LogP) is 6.72. The van der Waals surface area contributed by atoms with Crippen molar-refractivity contribution in [1.29, 1.82) is 0 Å². The number of aromatic nitrogens is 4. The molecule has 0 saturated carbocycles. The van der Waals surface area contributed by atoms with Crippen LogP contribution in [0.2, 0.25) is 0 Å². The van der Waals surface area contributed by atoms with Gasteiger partial charge in [0.05, 0.1) is 23.7 Å². The normalized spacial score (nSPS) is 21.0. The number of halogens is 9. The summed E-state index contributed by atoms with van der Waals surface area (Å²) in [5, 5.41) is 11.6. The van der Waals surface area contributed by atoms with Gasteiger partial charge in [0.2, 0.25) is 0 Å². The van der Waals surface area contributed by atoms with Gasteiger partial charge in [-0.25, -0.2) is 0 Å². The second-order valence-electron chi connectivity index (χ2n) is 11.4. The number of hydrogen-bond donors (Lipinski definition) is 0. The summed E-state index contributed by atoms with van der Waals surface area (Å²) in [5.41, 5.74) is -3.86. The molecule has 0 N–H and O–H groups in total. The molecular weight excluding hydrogens is 623 g/mol. The fraction of sp³-hybridized carbons (Fsp3) is 0.536.